The lowest BCUT2D eigenvalue weighted by Gasteiger charge is -2.38. The zero-order chi connectivity index (χ0) is 25.2. The summed E-state index contributed by atoms with van der Waals surface area (Å²) >= 11 is 0. The predicted molar refractivity (Wildman–Crippen MR) is 138 cm³/mol. The largest absolute Gasteiger partial charge is 0.322 e. The summed E-state index contributed by atoms with van der Waals surface area (Å²) < 4.78 is 15.2. The molecule has 0 spiro atoms. The van der Waals surface area contributed by atoms with Crippen LogP contribution in [0.4, 0.5) is 4.39 Å². The fraction of sp³-hybridized carbons (Fsp3) is 0.429. The first-order valence-electron chi connectivity index (χ1n) is 12.8. The molecule has 0 saturated heterocycles. The number of benzene rings is 2. The van der Waals surface area contributed by atoms with Crippen LogP contribution in [0, 0.1) is 18.7 Å². The molecule has 1 saturated carbocycles. The highest BCUT2D eigenvalue weighted by atomic mass is 19.1. The van der Waals surface area contributed by atoms with E-state index in [0.29, 0.717) is 19.1 Å². The molecule has 0 bridgehead atoms. The minimum absolute atomic E-state index is 0.0530. The molecule has 0 radical (unpaired) electrons. The number of pyridine rings is 1. The summed E-state index contributed by atoms with van der Waals surface area (Å²) in [5, 5.41) is 13.8. The maximum absolute atomic E-state index is 13.4. The number of hydrogen-bond donors (Lipinski definition) is 1. The number of rotatable bonds is 8. The van der Waals surface area contributed by atoms with Crippen molar-refractivity contribution in [2.75, 3.05) is 0 Å². The number of H-pyrrole nitrogens is 1. The Balaban J connectivity index is 1.52. The van der Waals surface area contributed by atoms with Crippen molar-refractivity contribution in [2.24, 2.45) is 5.92 Å². The van der Waals surface area contributed by atoms with Gasteiger partial charge in [-0.25, -0.2) is 9.07 Å². The van der Waals surface area contributed by atoms with Crippen LogP contribution in [-0.4, -0.2) is 36.1 Å². The first-order chi connectivity index (χ1) is 17.4. The molecule has 1 aliphatic carbocycles. The lowest BCUT2D eigenvalue weighted by molar-refractivity contribution is 0.0844. The van der Waals surface area contributed by atoms with Gasteiger partial charge in [0, 0.05) is 23.7 Å². The van der Waals surface area contributed by atoms with E-state index in [1.807, 2.05) is 22.9 Å². The molecule has 0 unspecified atom stereocenters. The molecule has 1 N–H and O–H groups in total. The number of aromatic amines is 1. The van der Waals surface area contributed by atoms with Crippen molar-refractivity contribution in [1.29, 1.82) is 0 Å². The van der Waals surface area contributed by atoms with Crippen molar-refractivity contribution in [3.05, 3.63) is 87.2 Å². The summed E-state index contributed by atoms with van der Waals surface area (Å²) in [4.78, 5) is 18.6. The predicted octanol–water partition coefficient (Wildman–Crippen LogP) is 5.15. The maximum atomic E-state index is 13.4. The van der Waals surface area contributed by atoms with Crippen molar-refractivity contribution in [2.45, 2.75) is 71.6 Å². The molecular weight excluding hydrogens is 455 g/mol. The van der Waals surface area contributed by atoms with Crippen molar-refractivity contribution in [1.82, 2.24) is 30.1 Å². The standard InChI is InChI=1S/C28H33FN6O/c1-18(2)26(27-31-32-33-35(27)16-20-9-11-23(29)12-10-20)34(24-6-4-5-7-24)17-22-15-21-14-19(3)8-13-25(21)30-28(22)36/h8-15,18,24,26H,4-7,16-17H2,1-3H3,(H,30,36)/t26-/m1/s1. The van der Waals surface area contributed by atoms with Gasteiger partial charge in [-0.05, 0) is 77.4 Å². The van der Waals surface area contributed by atoms with Gasteiger partial charge in [-0.1, -0.05) is 50.5 Å². The van der Waals surface area contributed by atoms with E-state index < -0.39 is 0 Å². The third-order valence-corrected chi connectivity index (χ3v) is 7.28. The maximum Gasteiger partial charge on any atom is 0.252 e. The second-order valence-corrected chi connectivity index (χ2v) is 10.3. The molecule has 4 aromatic rings. The molecule has 188 valence electrons. The summed E-state index contributed by atoms with van der Waals surface area (Å²) in [5.41, 5.74) is 3.64. The Hall–Kier alpha value is -3.39. The zero-order valence-electron chi connectivity index (χ0n) is 21.1. The van der Waals surface area contributed by atoms with Crippen LogP contribution in [0.15, 0.2) is 53.3 Å². The fourth-order valence-corrected chi connectivity index (χ4v) is 5.50. The summed E-state index contributed by atoms with van der Waals surface area (Å²) in [6.07, 6.45) is 4.54. The van der Waals surface area contributed by atoms with Crippen LogP contribution in [0.2, 0.25) is 0 Å². The molecular formula is C28H33FN6O. The SMILES string of the molecule is Cc1ccc2[nH]c(=O)c(CN(C3CCCC3)[C@@H](c3nnnn3Cc3ccc(F)cc3)C(C)C)cc2c1. The molecule has 1 aliphatic rings. The molecule has 0 amide bonds. The number of halogens is 1. The molecule has 2 aromatic carbocycles. The van der Waals surface area contributed by atoms with Crippen LogP contribution in [-0.2, 0) is 13.1 Å². The minimum atomic E-state index is -0.265. The van der Waals surface area contributed by atoms with Crippen molar-refractivity contribution in [3.8, 4) is 0 Å². The van der Waals surface area contributed by atoms with E-state index in [4.69, 9.17) is 0 Å². The van der Waals surface area contributed by atoms with Gasteiger partial charge in [0.2, 0.25) is 0 Å². The fourth-order valence-electron chi connectivity index (χ4n) is 5.50. The molecule has 2 aromatic heterocycles. The van der Waals surface area contributed by atoms with Gasteiger partial charge in [0.1, 0.15) is 5.82 Å². The van der Waals surface area contributed by atoms with E-state index in [1.165, 1.54) is 25.0 Å². The second-order valence-electron chi connectivity index (χ2n) is 10.3. The number of nitrogens with one attached hydrogen (secondary N) is 1. The van der Waals surface area contributed by atoms with Gasteiger partial charge < -0.3 is 4.98 Å². The van der Waals surface area contributed by atoms with E-state index in [2.05, 4.69) is 52.2 Å². The second kappa shape index (κ2) is 10.3. The lowest BCUT2D eigenvalue weighted by atomic mass is 9.97. The monoisotopic (exact) mass is 488 g/mol. The van der Waals surface area contributed by atoms with Gasteiger partial charge in [0.15, 0.2) is 5.82 Å². The van der Waals surface area contributed by atoms with Crippen molar-refractivity contribution >= 4 is 10.9 Å². The highest BCUT2D eigenvalue weighted by Gasteiger charge is 2.35. The van der Waals surface area contributed by atoms with Gasteiger partial charge in [-0.2, -0.15) is 0 Å². The lowest BCUT2D eigenvalue weighted by Crippen LogP contribution is -2.41. The van der Waals surface area contributed by atoms with E-state index in [-0.39, 0.29) is 23.3 Å². The van der Waals surface area contributed by atoms with Gasteiger partial charge in [-0.3, -0.25) is 9.69 Å². The Morgan fingerprint density at radius 1 is 1.11 bits per heavy atom. The topological polar surface area (TPSA) is 79.7 Å². The third-order valence-electron chi connectivity index (χ3n) is 7.28. The molecule has 5 rings (SSSR count). The molecule has 1 fully saturated rings. The average Bonchev–Trinajstić information content (AvgIpc) is 3.53. The average molecular weight is 489 g/mol. The summed E-state index contributed by atoms with van der Waals surface area (Å²) in [6, 6.07) is 14.8. The van der Waals surface area contributed by atoms with E-state index in [9.17, 15) is 9.18 Å². The highest BCUT2D eigenvalue weighted by molar-refractivity contribution is 5.79. The van der Waals surface area contributed by atoms with Crippen molar-refractivity contribution < 1.29 is 4.39 Å². The smallest absolute Gasteiger partial charge is 0.252 e. The van der Waals surface area contributed by atoms with Crippen LogP contribution >= 0.6 is 0 Å². The molecule has 8 heteroatoms. The zero-order valence-corrected chi connectivity index (χ0v) is 21.1. The Morgan fingerprint density at radius 3 is 2.58 bits per heavy atom. The Bertz CT molecular complexity index is 1390. The highest BCUT2D eigenvalue weighted by Crippen LogP contribution is 2.36. The van der Waals surface area contributed by atoms with E-state index in [0.717, 1.165) is 46.3 Å². The summed E-state index contributed by atoms with van der Waals surface area (Å²) in [5.74, 6) is 0.721. The Morgan fingerprint density at radius 2 is 1.86 bits per heavy atom. The Kier molecular flexibility index (Phi) is 6.96. The van der Waals surface area contributed by atoms with Crippen molar-refractivity contribution in [3.63, 3.8) is 0 Å². The van der Waals surface area contributed by atoms with Crippen LogP contribution in [0.1, 0.15) is 68.1 Å². The molecule has 36 heavy (non-hydrogen) atoms. The third kappa shape index (κ3) is 5.09. The number of tetrazole rings is 1. The number of fused-ring (bicyclic) bond motifs is 1. The van der Waals surface area contributed by atoms with Gasteiger partial charge in [0.05, 0.1) is 12.6 Å². The van der Waals surface area contributed by atoms with Gasteiger partial charge >= 0.3 is 0 Å². The number of aryl methyl sites for hydroxylation is 1. The molecule has 7 nitrogen and oxygen atoms in total. The first kappa shape index (κ1) is 24.3. The van der Waals surface area contributed by atoms with Crippen LogP contribution in [0.3, 0.4) is 0 Å². The van der Waals surface area contributed by atoms with Gasteiger partial charge in [-0.15, -0.1) is 5.10 Å². The van der Waals surface area contributed by atoms with Crippen LogP contribution in [0.5, 0.6) is 0 Å². The van der Waals surface area contributed by atoms with Crippen LogP contribution in [0.25, 0.3) is 10.9 Å². The molecule has 0 aliphatic heterocycles. The Labute approximate surface area is 210 Å². The quantitative estimate of drug-likeness (QED) is 0.371. The molecule has 1 atom stereocenters. The van der Waals surface area contributed by atoms with Crippen LogP contribution < -0.4 is 5.56 Å². The number of hydrogen-bond acceptors (Lipinski definition) is 5. The minimum Gasteiger partial charge on any atom is -0.322 e. The van der Waals surface area contributed by atoms with E-state index in [1.54, 1.807) is 12.1 Å². The normalized spacial score (nSPS) is 15.4. The summed E-state index contributed by atoms with van der Waals surface area (Å²) in [7, 11) is 0. The summed E-state index contributed by atoms with van der Waals surface area (Å²) in [6.45, 7) is 7.40. The number of nitrogens with zero attached hydrogens (tertiary/aromatic N) is 5. The van der Waals surface area contributed by atoms with E-state index >= 15 is 0 Å². The first-order valence-corrected chi connectivity index (χ1v) is 12.8. The number of aromatic nitrogens is 5. The molecule has 2 heterocycles. The van der Waals surface area contributed by atoms with Gasteiger partial charge in [0.25, 0.3) is 5.56 Å².